The quantitative estimate of drug-likeness (QED) is 0.480. The molecule has 0 aliphatic carbocycles. The summed E-state index contributed by atoms with van der Waals surface area (Å²) in [6.45, 7) is 5.93. The van der Waals surface area contributed by atoms with Gasteiger partial charge in [0, 0.05) is 12.0 Å². The van der Waals surface area contributed by atoms with Crippen LogP contribution in [0.3, 0.4) is 0 Å². The Labute approximate surface area is 167 Å². The van der Waals surface area contributed by atoms with Gasteiger partial charge in [0.05, 0.1) is 27.3 Å². The van der Waals surface area contributed by atoms with Gasteiger partial charge in [-0.1, -0.05) is 37.1 Å². The number of benzene rings is 2. The number of hydrogen-bond donors (Lipinski definition) is 0. The van der Waals surface area contributed by atoms with Gasteiger partial charge in [-0.05, 0) is 44.0 Å². The van der Waals surface area contributed by atoms with Gasteiger partial charge >= 0.3 is 0 Å². The summed E-state index contributed by atoms with van der Waals surface area (Å²) in [5.41, 5.74) is 3.01. The normalized spacial score (nSPS) is 10.7. The number of rotatable bonds is 2. The van der Waals surface area contributed by atoms with Crippen molar-refractivity contribution >= 4 is 22.2 Å². The fourth-order valence-corrected chi connectivity index (χ4v) is 4.01. The molecule has 0 bridgehead atoms. The number of aromatic nitrogens is 3. The van der Waals surface area contributed by atoms with Crippen molar-refractivity contribution < 1.29 is 0 Å². The highest BCUT2D eigenvalue weighted by molar-refractivity contribution is 7.12. The van der Waals surface area contributed by atoms with Gasteiger partial charge in [-0.2, -0.15) is 0 Å². The van der Waals surface area contributed by atoms with Crippen molar-refractivity contribution in [3.8, 4) is 17.5 Å². The van der Waals surface area contributed by atoms with Crippen LogP contribution in [0.25, 0.3) is 16.6 Å². The first-order valence-electron chi connectivity index (χ1n) is 9.14. The molecule has 2 aromatic heterocycles. The van der Waals surface area contributed by atoms with Crippen LogP contribution < -0.4 is 5.56 Å². The molecule has 0 amide bonds. The average Bonchev–Trinajstić information content (AvgIpc) is 3.03. The van der Waals surface area contributed by atoms with Gasteiger partial charge in [-0.25, -0.2) is 9.97 Å². The fraction of sp³-hybridized carbons (Fsp3) is 0.174. The second kappa shape index (κ2) is 7.41. The van der Waals surface area contributed by atoms with E-state index in [1.807, 2.05) is 69.3 Å². The Hall–Kier alpha value is -3.23. The second-order valence-corrected chi connectivity index (χ2v) is 7.66. The van der Waals surface area contributed by atoms with Gasteiger partial charge in [0.2, 0.25) is 0 Å². The largest absolute Gasteiger partial charge is 0.268 e. The van der Waals surface area contributed by atoms with Crippen molar-refractivity contribution in [1.82, 2.24) is 14.5 Å². The van der Waals surface area contributed by atoms with Crippen molar-refractivity contribution in [2.75, 3.05) is 0 Å². The number of para-hydroxylation sites is 1. The first-order chi connectivity index (χ1) is 13.6. The first kappa shape index (κ1) is 18.1. The van der Waals surface area contributed by atoms with E-state index in [0.29, 0.717) is 22.9 Å². The van der Waals surface area contributed by atoms with Crippen LogP contribution in [0.2, 0.25) is 0 Å². The summed E-state index contributed by atoms with van der Waals surface area (Å²) in [4.78, 5) is 23.6. The molecule has 0 aliphatic heterocycles. The summed E-state index contributed by atoms with van der Waals surface area (Å²) >= 11 is 1.57. The molecule has 0 fully saturated rings. The van der Waals surface area contributed by atoms with E-state index in [1.165, 1.54) is 0 Å². The van der Waals surface area contributed by atoms with E-state index < -0.39 is 0 Å². The van der Waals surface area contributed by atoms with Crippen LogP contribution in [0.5, 0.6) is 0 Å². The molecule has 2 heterocycles. The Morgan fingerprint density at radius 1 is 1.00 bits per heavy atom. The molecule has 4 rings (SSSR count). The maximum Gasteiger partial charge on any atom is 0.267 e. The predicted octanol–water partition coefficient (Wildman–Crippen LogP) is 4.42. The lowest BCUT2D eigenvalue weighted by Crippen LogP contribution is -2.24. The summed E-state index contributed by atoms with van der Waals surface area (Å²) in [5.74, 6) is 7.11. The minimum absolute atomic E-state index is 0.0878. The molecule has 0 saturated heterocycles. The summed E-state index contributed by atoms with van der Waals surface area (Å²) in [6.07, 6.45) is 0.662. The van der Waals surface area contributed by atoms with Crippen molar-refractivity contribution in [2.24, 2.45) is 0 Å². The molecule has 0 unspecified atom stereocenters. The number of nitrogens with zero attached hydrogens (tertiary/aromatic N) is 3. The predicted molar refractivity (Wildman–Crippen MR) is 114 cm³/mol. The van der Waals surface area contributed by atoms with E-state index in [1.54, 1.807) is 15.9 Å². The van der Waals surface area contributed by atoms with Gasteiger partial charge < -0.3 is 0 Å². The van der Waals surface area contributed by atoms with Gasteiger partial charge in [-0.15, -0.1) is 11.3 Å². The maximum atomic E-state index is 13.5. The third-order valence-corrected chi connectivity index (χ3v) is 5.50. The summed E-state index contributed by atoms with van der Waals surface area (Å²) < 4.78 is 1.69. The van der Waals surface area contributed by atoms with Gasteiger partial charge in [0.15, 0.2) is 0 Å². The molecule has 28 heavy (non-hydrogen) atoms. The van der Waals surface area contributed by atoms with Crippen molar-refractivity contribution in [1.29, 1.82) is 0 Å². The number of fused-ring (bicyclic) bond motifs is 1. The van der Waals surface area contributed by atoms with Gasteiger partial charge in [0.25, 0.3) is 5.56 Å². The van der Waals surface area contributed by atoms with Crippen LogP contribution in [-0.2, 0) is 6.42 Å². The Kier molecular flexibility index (Phi) is 4.81. The zero-order chi connectivity index (χ0) is 19.7. The van der Waals surface area contributed by atoms with Crippen LogP contribution in [0.1, 0.15) is 33.9 Å². The highest BCUT2D eigenvalue weighted by atomic mass is 32.1. The molecule has 0 saturated carbocycles. The lowest BCUT2D eigenvalue weighted by molar-refractivity contribution is 0.833. The number of thiazole rings is 1. The van der Waals surface area contributed by atoms with E-state index in [0.717, 1.165) is 27.1 Å². The highest BCUT2D eigenvalue weighted by Crippen LogP contribution is 2.18. The lowest BCUT2D eigenvalue weighted by Gasteiger charge is -2.13. The molecule has 0 radical (unpaired) electrons. The molecule has 2 aromatic carbocycles. The molecule has 4 aromatic rings. The second-order valence-electron chi connectivity index (χ2n) is 6.45. The highest BCUT2D eigenvalue weighted by Gasteiger charge is 2.14. The van der Waals surface area contributed by atoms with Crippen molar-refractivity contribution in [3.63, 3.8) is 0 Å². The first-order valence-corrected chi connectivity index (χ1v) is 9.96. The Morgan fingerprint density at radius 3 is 2.46 bits per heavy atom. The van der Waals surface area contributed by atoms with Crippen LogP contribution in [-0.4, -0.2) is 14.5 Å². The zero-order valence-electron chi connectivity index (χ0n) is 16.0. The van der Waals surface area contributed by atoms with Gasteiger partial charge in [0.1, 0.15) is 10.7 Å². The molecule has 0 atom stereocenters. The van der Waals surface area contributed by atoms with E-state index in [-0.39, 0.29) is 5.56 Å². The zero-order valence-corrected chi connectivity index (χ0v) is 16.8. The lowest BCUT2D eigenvalue weighted by atomic mass is 10.1. The topological polar surface area (TPSA) is 47.8 Å². The monoisotopic (exact) mass is 385 g/mol. The molecule has 138 valence electrons. The third-order valence-electron chi connectivity index (χ3n) is 4.51. The molecule has 5 heteroatoms. The summed E-state index contributed by atoms with van der Waals surface area (Å²) in [7, 11) is 0. The number of aryl methyl sites for hydroxylation is 3. The average molecular weight is 385 g/mol. The maximum absolute atomic E-state index is 13.5. The molecule has 4 nitrogen and oxygen atoms in total. The van der Waals surface area contributed by atoms with Crippen LogP contribution in [0, 0.1) is 25.7 Å². The van der Waals surface area contributed by atoms with E-state index >= 15 is 0 Å². The third kappa shape index (κ3) is 3.23. The van der Waals surface area contributed by atoms with Crippen molar-refractivity contribution in [3.05, 3.63) is 85.9 Å². The number of hydrogen-bond acceptors (Lipinski definition) is 4. The van der Waals surface area contributed by atoms with E-state index in [2.05, 4.69) is 16.8 Å². The summed E-state index contributed by atoms with van der Waals surface area (Å²) in [5, 5.41) is 1.54. The van der Waals surface area contributed by atoms with E-state index in [9.17, 15) is 4.79 Å². The Morgan fingerprint density at radius 2 is 1.79 bits per heavy atom. The van der Waals surface area contributed by atoms with Gasteiger partial charge in [-0.3, -0.25) is 9.36 Å². The smallest absolute Gasteiger partial charge is 0.267 e. The Bertz CT molecular complexity index is 1290. The molecular formula is C23H19N3OS. The Balaban J connectivity index is 1.98. The van der Waals surface area contributed by atoms with Crippen LogP contribution in [0.4, 0.5) is 0 Å². The minimum atomic E-state index is -0.0878. The van der Waals surface area contributed by atoms with Crippen molar-refractivity contribution in [2.45, 2.75) is 27.2 Å². The summed E-state index contributed by atoms with van der Waals surface area (Å²) in [6, 6.07) is 15.3. The molecular weight excluding hydrogens is 366 g/mol. The standard InChI is InChI=1S/C23H19N3OS/c1-4-21-25-19-12-8-9-17(13-14-20-15(2)24-16(3)28-20)22(19)23(27)26(21)18-10-6-5-7-11-18/h5-12H,4H2,1-3H3. The molecule has 0 spiro atoms. The molecule has 0 aliphatic rings. The fourth-order valence-electron chi connectivity index (χ4n) is 3.23. The van der Waals surface area contributed by atoms with Crippen LogP contribution >= 0.6 is 11.3 Å². The SMILES string of the molecule is CCc1nc2cccc(C#Cc3sc(C)nc3C)c2c(=O)n1-c1ccccc1. The van der Waals surface area contributed by atoms with E-state index in [4.69, 9.17) is 4.98 Å². The minimum Gasteiger partial charge on any atom is -0.268 e. The molecule has 0 N–H and O–H groups in total. The van der Waals surface area contributed by atoms with Crippen LogP contribution in [0.15, 0.2) is 53.3 Å².